The normalized spacial score (nSPS) is 12.3. The molecular weight excluding hydrogens is 607 g/mol. The molecule has 1 aliphatic rings. The number of halogens is 2. The summed E-state index contributed by atoms with van der Waals surface area (Å²) < 4.78 is 16.3. The first-order valence-corrected chi connectivity index (χ1v) is 14.0. The minimum Gasteiger partial charge on any atom is -0.497 e. The first kappa shape index (κ1) is 30.5. The third-order valence-corrected chi connectivity index (χ3v) is 7.53. The van der Waals surface area contributed by atoms with Gasteiger partial charge in [-0.25, -0.2) is 9.78 Å². The molecule has 2 N–H and O–H groups in total. The zero-order chi connectivity index (χ0) is 31.4. The van der Waals surface area contributed by atoms with Crippen LogP contribution >= 0.6 is 23.2 Å². The number of hydrogen-bond acceptors (Lipinski definition) is 8. The van der Waals surface area contributed by atoms with Crippen molar-refractivity contribution in [2.45, 2.75) is 13.1 Å². The third kappa shape index (κ3) is 6.05. The molecule has 5 rings (SSSR count). The lowest BCUT2D eigenvalue weighted by molar-refractivity contribution is -0.111. The van der Waals surface area contributed by atoms with Crippen molar-refractivity contribution in [3.05, 3.63) is 94.6 Å². The van der Waals surface area contributed by atoms with E-state index in [1.54, 1.807) is 43.6 Å². The second kappa shape index (κ2) is 13.1. The largest absolute Gasteiger partial charge is 0.497 e. The Kier molecular flexibility index (Phi) is 9.07. The number of para-hydroxylation sites is 2. The molecule has 1 aromatic heterocycles. The topological polar surface area (TPSA) is 118 Å². The van der Waals surface area contributed by atoms with E-state index in [4.69, 9.17) is 42.4 Å². The molecule has 0 radical (unpaired) electrons. The Bertz CT molecular complexity index is 1720. The summed E-state index contributed by atoms with van der Waals surface area (Å²) in [5.41, 5.74) is 2.69. The number of benzene rings is 3. The average Bonchev–Trinajstić information content (AvgIpc) is 3.04. The summed E-state index contributed by atoms with van der Waals surface area (Å²) in [7, 11) is 4.50. The molecule has 0 saturated carbocycles. The van der Waals surface area contributed by atoms with Crippen molar-refractivity contribution < 1.29 is 23.8 Å². The highest BCUT2D eigenvalue weighted by atomic mass is 35.5. The van der Waals surface area contributed by atoms with Gasteiger partial charge in [0.2, 0.25) is 11.9 Å². The molecule has 44 heavy (non-hydrogen) atoms. The minimum absolute atomic E-state index is 0.0603. The van der Waals surface area contributed by atoms with Gasteiger partial charge in [-0.15, -0.1) is 0 Å². The molecule has 0 fully saturated rings. The van der Waals surface area contributed by atoms with Crippen LogP contribution in [0.3, 0.4) is 0 Å². The van der Waals surface area contributed by atoms with Crippen LogP contribution in [0.4, 0.5) is 33.6 Å². The van der Waals surface area contributed by atoms with Crippen LogP contribution in [0.25, 0.3) is 0 Å². The molecule has 4 aromatic rings. The maximum Gasteiger partial charge on any atom is 0.330 e. The van der Waals surface area contributed by atoms with Crippen molar-refractivity contribution in [2.75, 3.05) is 41.8 Å². The maximum atomic E-state index is 14.3. The molecule has 2 heterocycles. The standard InChI is InChI=1S/C31H28Cl2N6O5/c1-5-25(40)35-21-11-6-7-12-22(21)36-30-34-15-19-17-38(28-26(32)23(43-3)14-24(44-4)27(28)33)31(41)39(29(19)37-30)16-18-9-8-10-20(13-18)42-2/h5-15H,1,16-17H2,2-4H3,(H,35,40)(H,34,36,37). The zero-order valence-corrected chi connectivity index (χ0v) is 25.6. The lowest BCUT2D eigenvalue weighted by atomic mass is 10.1. The van der Waals surface area contributed by atoms with Crippen molar-refractivity contribution >= 4 is 64.0 Å². The van der Waals surface area contributed by atoms with Crippen LogP contribution in [0.5, 0.6) is 17.2 Å². The molecule has 0 aliphatic carbocycles. The second-order valence-corrected chi connectivity index (χ2v) is 10.2. The number of carbonyl (C=O) groups excluding carboxylic acids is 2. The minimum atomic E-state index is -0.442. The van der Waals surface area contributed by atoms with Crippen LogP contribution < -0.4 is 34.6 Å². The lowest BCUT2D eigenvalue weighted by Gasteiger charge is -2.37. The van der Waals surface area contributed by atoms with Crippen LogP contribution in [0.2, 0.25) is 10.0 Å². The summed E-state index contributed by atoms with van der Waals surface area (Å²) in [6.45, 7) is 3.70. The molecular formula is C31H28Cl2N6O5. The van der Waals surface area contributed by atoms with Gasteiger partial charge in [-0.2, -0.15) is 4.98 Å². The Labute approximate surface area is 264 Å². The van der Waals surface area contributed by atoms with Crippen molar-refractivity contribution in [3.8, 4) is 17.2 Å². The quantitative estimate of drug-likeness (QED) is 0.182. The molecule has 0 atom stereocenters. The molecule has 226 valence electrons. The Morgan fingerprint density at radius 2 is 1.70 bits per heavy atom. The molecule has 3 amide bonds. The Balaban J connectivity index is 1.59. The van der Waals surface area contributed by atoms with E-state index in [0.717, 1.165) is 5.56 Å². The second-order valence-electron chi connectivity index (χ2n) is 9.47. The van der Waals surface area contributed by atoms with E-state index >= 15 is 0 Å². The fourth-order valence-corrected chi connectivity index (χ4v) is 5.37. The highest BCUT2D eigenvalue weighted by Crippen LogP contribution is 2.48. The molecule has 1 aliphatic heterocycles. The van der Waals surface area contributed by atoms with Gasteiger partial charge in [0.15, 0.2) is 0 Å². The van der Waals surface area contributed by atoms with E-state index < -0.39 is 6.03 Å². The number of aromatic nitrogens is 2. The van der Waals surface area contributed by atoms with Crippen LogP contribution in [0.15, 0.2) is 73.4 Å². The van der Waals surface area contributed by atoms with Crippen LogP contribution in [0, 0.1) is 0 Å². The predicted octanol–water partition coefficient (Wildman–Crippen LogP) is 6.82. The number of amides is 3. The number of nitrogens with one attached hydrogen (secondary N) is 2. The molecule has 11 nitrogen and oxygen atoms in total. The summed E-state index contributed by atoms with van der Waals surface area (Å²) in [6.07, 6.45) is 2.79. The Hall–Kier alpha value is -5.00. The smallest absolute Gasteiger partial charge is 0.330 e. The highest BCUT2D eigenvalue weighted by molar-refractivity contribution is 6.42. The number of hydrogen-bond donors (Lipinski definition) is 2. The molecule has 3 aromatic carbocycles. The van der Waals surface area contributed by atoms with Crippen molar-refractivity contribution in [1.29, 1.82) is 0 Å². The fraction of sp³-hybridized carbons (Fsp3) is 0.161. The number of anilines is 5. The van der Waals surface area contributed by atoms with E-state index in [2.05, 4.69) is 22.2 Å². The number of carbonyl (C=O) groups is 2. The highest BCUT2D eigenvalue weighted by Gasteiger charge is 2.37. The van der Waals surface area contributed by atoms with Crippen LogP contribution in [-0.4, -0.2) is 43.2 Å². The molecule has 0 saturated heterocycles. The number of fused-ring (bicyclic) bond motifs is 1. The van der Waals surface area contributed by atoms with Crippen LogP contribution in [0.1, 0.15) is 11.1 Å². The molecule has 0 unspecified atom stereocenters. The maximum absolute atomic E-state index is 14.3. The number of nitrogens with zero attached hydrogens (tertiary/aromatic N) is 4. The van der Waals surface area contributed by atoms with Crippen molar-refractivity contribution in [1.82, 2.24) is 9.97 Å². The summed E-state index contributed by atoms with van der Waals surface area (Å²) >= 11 is 13.4. The van der Waals surface area contributed by atoms with Crippen molar-refractivity contribution in [2.24, 2.45) is 0 Å². The molecule has 0 spiro atoms. The average molecular weight is 636 g/mol. The number of urea groups is 1. The van der Waals surface area contributed by atoms with E-state index in [1.807, 2.05) is 24.3 Å². The summed E-state index contributed by atoms with van der Waals surface area (Å²) in [5.74, 6) is 1.43. The lowest BCUT2D eigenvalue weighted by Crippen LogP contribution is -2.47. The molecule has 0 bridgehead atoms. The zero-order valence-electron chi connectivity index (χ0n) is 24.1. The van der Waals surface area contributed by atoms with Gasteiger partial charge in [0, 0.05) is 17.8 Å². The van der Waals surface area contributed by atoms with Gasteiger partial charge in [0.1, 0.15) is 33.1 Å². The molecule has 13 heteroatoms. The fourth-order valence-electron chi connectivity index (χ4n) is 4.66. The summed E-state index contributed by atoms with van der Waals surface area (Å²) in [4.78, 5) is 38.5. The van der Waals surface area contributed by atoms with Crippen LogP contribution in [-0.2, 0) is 17.9 Å². The number of rotatable bonds is 10. The third-order valence-electron chi connectivity index (χ3n) is 6.80. The Morgan fingerprint density at radius 1 is 1.00 bits per heavy atom. The van der Waals surface area contributed by atoms with Gasteiger partial charge in [-0.1, -0.05) is 54.0 Å². The Morgan fingerprint density at radius 3 is 2.36 bits per heavy atom. The first-order valence-electron chi connectivity index (χ1n) is 13.2. The van der Waals surface area contributed by atoms with E-state index in [-0.39, 0.29) is 40.7 Å². The van der Waals surface area contributed by atoms with E-state index in [0.29, 0.717) is 40.0 Å². The van der Waals surface area contributed by atoms with Gasteiger partial charge < -0.3 is 24.8 Å². The van der Waals surface area contributed by atoms with E-state index in [1.165, 1.54) is 30.1 Å². The first-order chi connectivity index (χ1) is 21.3. The summed E-state index contributed by atoms with van der Waals surface area (Å²) in [5, 5.41) is 6.19. The van der Waals surface area contributed by atoms with Gasteiger partial charge in [-0.3, -0.25) is 14.6 Å². The van der Waals surface area contributed by atoms with Gasteiger partial charge in [0.05, 0.1) is 51.5 Å². The number of methoxy groups -OCH3 is 3. The predicted molar refractivity (Wildman–Crippen MR) is 171 cm³/mol. The van der Waals surface area contributed by atoms with Gasteiger partial charge in [0.25, 0.3) is 0 Å². The summed E-state index contributed by atoms with van der Waals surface area (Å²) in [6, 6.07) is 15.6. The van der Waals surface area contributed by atoms with Gasteiger partial charge >= 0.3 is 6.03 Å². The SMILES string of the molecule is C=CC(=O)Nc1ccccc1Nc1ncc2c(n1)N(Cc1cccc(OC)c1)C(=O)N(c1c(Cl)c(OC)cc(OC)c1Cl)C2. The van der Waals surface area contributed by atoms with Gasteiger partial charge in [-0.05, 0) is 35.9 Å². The van der Waals surface area contributed by atoms with Crippen molar-refractivity contribution in [3.63, 3.8) is 0 Å². The monoisotopic (exact) mass is 634 g/mol. The number of ether oxygens (including phenoxy) is 3. The van der Waals surface area contributed by atoms with E-state index in [9.17, 15) is 9.59 Å².